The van der Waals surface area contributed by atoms with Crippen molar-refractivity contribution in [1.82, 2.24) is 4.98 Å². The third-order valence-electron chi connectivity index (χ3n) is 3.13. The van der Waals surface area contributed by atoms with Gasteiger partial charge in [-0.15, -0.1) is 11.3 Å². The summed E-state index contributed by atoms with van der Waals surface area (Å²) in [6.45, 7) is 0. The van der Waals surface area contributed by atoms with Crippen LogP contribution in [-0.2, 0) is 16.0 Å². The molecule has 6 heteroatoms. The average Bonchev–Trinajstić information content (AvgIpc) is 3.23. The maximum absolute atomic E-state index is 11.9. The van der Waals surface area contributed by atoms with Gasteiger partial charge < -0.3 is 10.6 Å². The van der Waals surface area contributed by atoms with Crippen molar-refractivity contribution in [3.63, 3.8) is 0 Å². The van der Waals surface area contributed by atoms with E-state index in [4.69, 9.17) is 0 Å². The van der Waals surface area contributed by atoms with E-state index in [0.717, 1.165) is 18.5 Å². The molecule has 0 atom stereocenters. The largest absolute Gasteiger partial charge is 0.326 e. The van der Waals surface area contributed by atoms with Gasteiger partial charge in [-0.1, -0.05) is 18.2 Å². The molecule has 108 valence electrons. The molecule has 3 rings (SSSR count). The van der Waals surface area contributed by atoms with Gasteiger partial charge in [0.2, 0.25) is 11.8 Å². The Hall–Kier alpha value is -2.21. The summed E-state index contributed by atoms with van der Waals surface area (Å²) in [5.41, 5.74) is 1.43. The summed E-state index contributed by atoms with van der Waals surface area (Å²) >= 11 is 1.35. The maximum atomic E-state index is 11.9. The van der Waals surface area contributed by atoms with Crippen molar-refractivity contribution in [2.45, 2.75) is 19.3 Å². The summed E-state index contributed by atoms with van der Waals surface area (Å²) in [5.74, 6) is 0.0648. The number of aromatic nitrogens is 1. The van der Waals surface area contributed by atoms with E-state index in [1.807, 2.05) is 30.3 Å². The van der Waals surface area contributed by atoms with Crippen LogP contribution in [0.2, 0.25) is 0 Å². The molecule has 5 nitrogen and oxygen atoms in total. The van der Waals surface area contributed by atoms with Crippen molar-refractivity contribution in [1.29, 1.82) is 0 Å². The summed E-state index contributed by atoms with van der Waals surface area (Å²) in [7, 11) is 0. The van der Waals surface area contributed by atoms with Crippen LogP contribution in [0.1, 0.15) is 18.5 Å². The molecule has 0 radical (unpaired) electrons. The molecule has 0 bridgehead atoms. The van der Waals surface area contributed by atoms with Crippen molar-refractivity contribution in [2.24, 2.45) is 5.92 Å². The number of thiazole rings is 1. The van der Waals surface area contributed by atoms with Gasteiger partial charge in [0.15, 0.2) is 5.13 Å². The van der Waals surface area contributed by atoms with Gasteiger partial charge in [0, 0.05) is 17.0 Å². The molecule has 1 fully saturated rings. The van der Waals surface area contributed by atoms with Gasteiger partial charge in [-0.25, -0.2) is 4.98 Å². The fraction of sp³-hybridized carbons (Fsp3) is 0.267. The minimum atomic E-state index is -0.119. The van der Waals surface area contributed by atoms with E-state index in [0.29, 0.717) is 10.8 Å². The number of nitrogens with one attached hydrogen (secondary N) is 2. The van der Waals surface area contributed by atoms with Crippen molar-refractivity contribution in [3.8, 4) is 0 Å². The summed E-state index contributed by atoms with van der Waals surface area (Å²) < 4.78 is 0. The van der Waals surface area contributed by atoms with Crippen LogP contribution in [0.15, 0.2) is 35.7 Å². The Bertz CT molecular complexity index is 650. The van der Waals surface area contributed by atoms with Gasteiger partial charge in [-0.05, 0) is 25.0 Å². The van der Waals surface area contributed by atoms with Gasteiger partial charge in [-0.2, -0.15) is 0 Å². The number of carbonyl (C=O) groups excluding carboxylic acids is 2. The van der Waals surface area contributed by atoms with Gasteiger partial charge in [-0.3, -0.25) is 9.59 Å². The number of benzene rings is 1. The zero-order chi connectivity index (χ0) is 14.7. The minimum Gasteiger partial charge on any atom is -0.326 e. The Kier molecular flexibility index (Phi) is 3.96. The van der Waals surface area contributed by atoms with Gasteiger partial charge in [0.25, 0.3) is 0 Å². The molecule has 0 spiro atoms. The maximum Gasteiger partial charge on any atom is 0.230 e. The van der Waals surface area contributed by atoms with E-state index in [2.05, 4.69) is 15.6 Å². The van der Waals surface area contributed by atoms with Crippen LogP contribution in [0, 0.1) is 5.92 Å². The summed E-state index contributed by atoms with van der Waals surface area (Å²) in [5, 5.41) is 7.95. The molecule has 0 aliphatic heterocycles. The molecular formula is C15H15N3O2S. The van der Waals surface area contributed by atoms with Crippen molar-refractivity contribution < 1.29 is 9.59 Å². The van der Waals surface area contributed by atoms with E-state index in [1.165, 1.54) is 11.3 Å². The first-order valence-electron chi connectivity index (χ1n) is 6.81. The van der Waals surface area contributed by atoms with Gasteiger partial charge in [0.05, 0.1) is 12.1 Å². The Morgan fingerprint density at radius 1 is 1.19 bits per heavy atom. The van der Waals surface area contributed by atoms with Crippen LogP contribution in [0.25, 0.3) is 0 Å². The molecule has 2 amide bonds. The zero-order valence-corrected chi connectivity index (χ0v) is 12.2. The predicted molar refractivity (Wildman–Crippen MR) is 82.2 cm³/mol. The fourth-order valence-electron chi connectivity index (χ4n) is 1.89. The molecule has 1 aromatic heterocycles. The van der Waals surface area contributed by atoms with Crippen molar-refractivity contribution in [2.75, 3.05) is 10.6 Å². The van der Waals surface area contributed by atoms with E-state index in [-0.39, 0.29) is 24.2 Å². The highest BCUT2D eigenvalue weighted by molar-refractivity contribution is 7.13. The van der Waals surface area contributed by atoms with Crippen LogP contribution >= 0.6 is 11.3 Å². The molecule has 0 saturated heterocycles. The molecule has 1 saturated carbocycles. The van der Waals surface area contributed by atoms with E-state index in [1.54, 1.807) is 5.38 Å². The van der Waals surface area contributed by atoms with E-state index in [9.17, 15) is 9.59 Å². The highest BCUT2D eigenvalue weighted by atomic mass is 32.1. The molecule has 2 N–H and O–H groups in total. The lowest BCUT2D eigenvalue weighted by Gasteiger charge is -2.03. The van der Waals surface area contributed by atoms with Crippen LogP contribution < -0.4 is 10.6 Å². The lowest BCUT2D eigenvalue weighted by molar-refractivity contribution is -0.117. The Morgan fingerprint density at radius 2 is 1.95 bits per heavy atom. The minimum absolute atomic E-state index is 0.0321. The lowest BCUT2D eigenvalue weighted by Crippen LogP contribution is -2.15. The Balaban J connectivity index is 1.54. The summed E-state index contributed by atoms with van der Waals surface area (Å²) in [6.07, 6.45) is 2.12. The smallest absolute Gasteiger partial charge is 0.230 e. The third kappa shape index (κ3) is 3.88. The first-order chi connectivity index (χ1) is 10.2. The molecule has 0 unspecified atom stereocenters. The Morgan fingerprint density at radius 3 is 2.67 bits per heavy atom. The number of hydrogen-bond donors (Lipinski definition) is 2. The number of rotatable bonds is 5. The van der Waals surface area contributed by atoms with E-state index >= 15 is 0 Å². The summed E-state index contributed by atoms with van der Waals surface area (Å²) in [6, 6.07) is 9.29. The Labute approximate surface area is 126 Å². The van der Waals surface area contributed by atoms with Crippen LogP contribution in [-0.4, -0.2) is 16.8 Å². The molecule has 21 heavy (non-hydrogen) atoms. The number of hydrogen-bond acceptors (Lipinski definition) is 4. The lowest BCUT2D eigenvalue weighted by atomic mass is 10.3. The van der Waals surface area contributed by atoms with E-state index < -0.39 is 0 Å². The number of nitrogens with zero attached hydrogens (tertiary/aromatic N) is 1. The van der Waals surface area contributed by atoms with Gasteiger partial charge in [0.1, 0.15) is 0 Å². The summed E-state index contributed by atoms with van der Waals surface area (Å²) in [4.78, 5) is 27.8. The molecule has 1 aliphatic rings. The van der Waals surface area contributed by atoms with Crippen LogP contribution in [0.3, 0.4) is 0 Å². The second-order valence-corrected chi connectivity index (χ2v) is 5.86. The standard InChI is InChI=1S/C15H15N3O2S/c19-13(16-11-4-2-1-3-5-11)8-12-9-21-15(17-12)18-14(20)10-6-7-10/h1-5,9-10H,6-8H2,(H,16,19)(H,17,18,20). The predicted octanol–water partition coefficient (Wildman–Crippen LogP) is 2.67. The molecule has 2 aromatic rings. The van der Waals surface area contributed by atoms with Gasteiger partial charge >= 0.3 is 0 Å². The quantitative estimate of drug-likeness (QED) is 0.892. The van der Waals surface area contributed by atoms with Crippen molar-refractivity contribution in [3.05, 3.63) is 41.4 Å². The molecular weight excluding hydrogens is 286 g/mol. The molecule has 1 aromatic carbocycles. The fourth-order valence-corrected chi connectivity index (χ4v) is 2.60. The van der Waals surface area contributed by atoms with Crippen LogP contribution in [0.5, 0.6) is 0 Å². The highest BCUT2D eigenvalue weighted by Gasteiger charge is 2.30. The molecule has 1 aliphatic carbocycles. The first kappa shape index (κ1) is 13.8. The van der Waals surface area contributed by atoms with Crippen LogP contribution in [0.4, 0.5) is 10.8 Å². The third-order valence-corrected chi connectivity index (χ3v) is 3.94. The highest BCUT2D eigenvalue weighted by Crippen LogP contribution is 2.30. The number of anilines is 2. The molecule has 1 heterocycles. The number of amides is 2. The second kappa shape index (κ2) is 6.05. The number of carbonyl (C=O) groups is 2. The topological polar surface area (TPSA) is 71.1 Å². The normalized spacial score (nSPS) is 13.7. The SMILES string of the molecule is O=C(Cc1csc(NC(=O)C2CC2)n1)Nc1ccccc1. The zero-order valence-electron chi connectivity index (χ0n) is 11.3. The average molecular weight is 301 g/mol. The first-order valence-corrected chi connectivity index (χ1v) is 7.69. The number of para-hydroxylation sites is 1. The monoisotopic (exact) mass is 301 g/mol. The second-order valence-electron chi connectivity index (χ2n) is 5.00. The van der Waals surface area contributed by atoms with Crippen molar-refractivity contribution >= 4 is 34.0 Å².